The summed E-state index contributed by atoms with van der Waals surface area (Å²) in [5, 5.41) is 4.85. The number of nitrogens with one attached hydrogen (secondary N) is 1. The molecule has 0 radical (unpaired) electrons. The molecule has 1 amide bonds. The van der Waals surface area contributed by atoms with Crippen LogP contribution < -0.4 is 11.1 Å². The standard InChI is InChI=1S/C11H18N2OS.ClH/c1-11(2,12)8-13-10(14)6-5-9-4-3-7-15-9;/h3-4,7H,5-6,8,12H2,1-2H3,(H,13,14);1H. The Morgan fingerprint density at radius 1 is 1.56 bits per heavy atom. The summed E-state index contributed by atoms with van der Waals surface area (Å²) in [6, 6.07) is 4.05. The van der Waals surface area contributed by atoms with E-state index in [1.165, 1.54) is 4.88 Å². The third-order valence-corrected chi connectivity index (χ3v) is 2.86. The lowest BCUT2D eigenvalue weighted by Gasteiger charge is -2.18. The predicted molar refractivity (Wildman–Crippen MR) is 71.2 cm³/mol. The van der Waals surface area contributed by atoms with Gasteiger partial charge in [-0.1, -0.05) is 6.07 Å². The highest BCUT2D eigenvalue weighted by atomic mass is 35.5. The van der Waals surface area contributed by atoms with Gasteiger partial charge in [-0.15, -0.1) is 23.7 Å². The van der Waals surface area contributed by atoms with Crippen molar-refractivity contribution in [2.75, 3.05) is 6.54 Å². The summed E-state index contributed by atoms with van der Waals surface area (Å²) in [5.41, 5.74) is 5.43. The molecule has 1 heterocycles. The largest absolute Gasteiger partial charge is 0.354 e. The van der Waals surface area contributed by atoms with Crippen LogP contribution in [0.5, 0.6) is 0 Å². The molecule has 0 aliphatic carbocycles. The number of amides is 1. The van der Waals surface area contributed by atoms with Crippen molar-refractivity contribution in [2.24, 2.45) is 5.73 Å². The zero-order valence-corrected chi connectivity index (χ0v) is 11.3. The van der Waals surface area contributed by atoms with Gasteiger partial charge in [0.15, 0.2) is 0 Å². The van der Waals surface area contributed by atoms with Crippen molar-refractivity contribution in [3.05, 3.63) is 22.4 Å². The quantitative estimate of drug-likeness (QED) is 0.852. The van der Waals surface area contributed by atoms with Crippen LogP contribution in [0.3, 0.4) is 0 Å². The minimum atomic E-state index is -0.335. The van der Waals surface area contributed by atoms with Crippen molar-refractivity contribution in [3.8, 4) is 0 Å². The van der Waals surface area contributed by atoms with E-state index in [0.717, 1.165) is 6.42 Å². The molecule has 0 saturated carbocycles. The first-order chi connectivity index (χ1) is 6.97. The first-order valence-electron chi connectivity index (χ1n) is 5.05. The maximum absolute atomic E-state index is 11.4. The summed E-state index contributed by atoms with van der Waals surface area (Å²) >= 11 is 1.68. The zero-order chi connectivity index (χ0) is 11.3. The number of hydrogen-bond donors (Lipinski definition) is 2. The van der Waals surface area contributed by atoms with Crippen LogP contribution in [-0.2, 0) is 11.2 Å². The lowest BCUT2D eigenvalue weighted by atomic mass is 10.1. The molecule has 1 rings (SSSR count). The van der Waals surface area contributed by atoms with E-state index in [2.05, 4.69) is 5.32 Å². The average Bonchev–Trinajstić information content (AvgIpc) is 2.62. The normalized spacial score (nSPS) is 10.7. The summed E-state index contributed by atoms with van der Waals surface area (Å²) < 4.78 is 0. The second kappa shape index (κ2) is 6.89. The van der Waals surface area contributed by atoms with Gasteiger partial charge in [-0.2, -0.15) is 0 Å². The number of hydrogen-bond acceptors (Lipinski definition) is 3. The molecule has 0 atom stereocenters. The molecule has 3 nitrogen and oxygen atoms in total. The van der Waals surface area contributed by atoms with Crippen molar-refractivity contribution >= 4 is 29.7 Å². The Bertz CT molecular complexity index is 306. The topological polar surface area (TPSA) is 55.1 Å². The van der Waals surface area contributed by atoms with Gasteiger partial charge in [0.25, 0.3) is 0 Å². The molecule has 0 unspecified atom stereocenters. The lowest BCUT2D eigenvalue weighted by Crippen LogP contribution is -2.45. The number of rotatable bonds is 5. The van der Waals surface area contributed by atoms with E-state index in [0.29, 0.717) is 13.0 Å². The fourth-order valence-electron chi connectivity index (χ4n) is 1.11. The second-order valence-electron chi connectivity index (χ2n) is 4.34. The minimum absolute atomic E-state index is 0. The average molecular weight is 263 g/mol. The van der Waals surface area contributed by atoms with Crippen LogP contribution >= 0.6 is 23.7 Å². The van der Waals surface area contributed by atoms with E-state index in [1.54, 1.807) is 11.3 Å². The molecule has 1 aromatic heterocycles. The molecule has 92 valence electrons. The molecule has 0 bridgehead atoms. The zero-order valence-electron chi connectivity index (χ0n) is 9.66. The highest BCUT2D eigenvalue weighted by Gasteiger charge is 2.11. The molecular formula is C11H19ClN2OS. The maximum atomic E-state index is 11.4. The third-order valence-electron chi connectivity index (χ3n) is 1.92. The Labute approximate surface area is 107 Å². The summed E-state index contributed by atoms with van der Waals surface area (Å²) in [6.45, 7) is 4.31. The highest BCUT2D eigenvalue weighted by Crippen LogP contribution is 2.10. The maximum Gasteiger partial charge on any atom is 0.220 e. The lowest BCUT2D eigenvalue weighted by molar-refractivity contribution is -0.121. The predicted octanol–water partition coefficient (Wildman–Crippen LogP) is 1.96. The van der Waals surface area contributed by atoms with E-state index in [1.807, 2.05) is 31.4 Å². The first-order valence-corrected chi connectivity index (χ1v) is 5.93. The number of nitrogens with two attached hydrogens (primary N) is 1. The van der Waals surface area contributed by atoms with Crippen molar-refractivity contribution < 1.29 is 4.79 Å². The summed E-state index contributed by atoms with van der Waals surface area (Å²) in [5.74, 6) is 0.0712. The highest BCUT2D eigenvalue weighted by molar-refractivity contribution is 7.09. The molecule has 0 spiro atoms. The molecule has 16 heavy (non-hydrogen) atoms. The third kappa shape index (κ3) is 6.82. The van der Waals surface area contributed by atoms with Gasteiger partial charge in [0, 0.05) is 23.4 Å². The van der Waals surface area contributed by atoms with Gasteiger partial charge in [-0.05, 0) is 31.7 Å². The molecule has 0 aliphatic heterocycles. The van der Waals surface area contributed by atoms with Crippen molar-refractivity contribution in [3.63, 3.8) is 0 Å². The van der Waals surface area contributed by atoms with E-state index in [9.17, 15) is 4.79 Å². The van der Waals surface area contributed by atoms with Gasteiger partial charge in [-0.25, -0.2) is 0 Å². The van der Waals surface area contributed by atoms with E-state index >= 15 is 0 Å². The van der Waals surface area contributed by atoms with Crippen LogP contribution in [-0.4, -0.2) is 18.0 Å². The number of carbonyl (C=O) groups excluding carboxylic acids is 1. The van der Waals surface area contributed by atoms with Crippen LogP contribution in [0.4, 0.5) is 0 Å². The molecule has 0 aromatic carbocycles. The molecule has 0 fully saturated rings. The van der Waals surface area contributed by atoms with Crippen molar-refractivity contribution in [1.82, 2.24) is 5.32 Å². The monoisotopic (exact) mass is 262 g/mol. The SMILES string of the molecule is CC(C)(N)CNC(=O)CCc1cccs1.Cl. The van der Waals surface area contributed by atoms with Crippen LogP contribution in [0, 0.1) is 0 Å². The Balaban J connectivity index is 0.00000225. The van der Waals surface area contributed by atoms with E-state index in [4.69, 9.17) is 5.73 Å². The Morgan fingerprint density at radius 3 is 2.75 bits per heavy atom. The van der Waals surface area contributed by atoms with Crippen LogP contribution in [0.15, 0.2) is 17.5 Å². The Hall–Kier alpha value is -0.580. The van der Waals surface area contributed by atoms with Crippen LogP contribution in [0.1, 0.15) is 25.1 Å². The molecule has 5 heteroatoms. The van der Waals surface area contributed by atoms with Gasteiger partial charge in [-0.3, -0.25) is 4.79 Å². The smallest absolute Gasteiger partial charge is 0.220 e. The molecule has 3 N–H and O–H groups in total. The van der Waals surface area contributed by atoms with Crippen LogP contribution in [0.2, 0.25) is 0 Å². The van der Waals surface area contributed by atoms with Crippen molar-refractivity contribution in [1.29, 1.82) is 0 Å². The number of aryl methyl sites for hydroxylation is 1. The fourth-order valence-corrected chi connectivity index (χ4v) is 1.82. The fraction of sp³-hybridized carbons (Fsp3) is 0.545. The van der Waals surface area contributed by atoms with Gasteiger partial charge >= 0.3 is 0 Å². The molecule has 0 saturated heterocycles. The van der Waals surface area contributed by atoms with Gasteiger partial charge in [0.05, 0.1) is 0 Å². The van der Waals surface area contributed by atoms with Gasteiger partial charge in [0.2, 0.25) is 5.91 Å². The molecule has 0 aliphatic rings. The van der Waals surface area contributed by atoms with Gasteiger partial charge in [0.1, 0.15) is 0 Å². The Kier molecular flexibility index (Phi) is 6.64. The summed E-state index contributed by atoms with van der Waals surface area (Å²) in [4.78, 5) is 12.7. The summed E-state index contributed by atoms with van der Waals surface area (Å²) in [7, 11) is 0. The minimum Gasteiger partial charge on any atom is -0.354 e. The molecular weight excluding hydrogens is 244 g/mol. The van der Waals surface area contributed by atoms with Crippen LogP contribution in [0.25, 0.3) is 0 Å². The number of carbonyl (C=O) groups is 1. The summed E-state index contributed by atoms with van der Waals surface area (Å²) in [6.07, 6.45) is 1.35. The van der Waals surface area contributed by atoms with Crippen molar-refractivity contribution in [2.45, 2.75) is 32.2 Å². The Morgan fingerprint density at radius 2 is 2.25 bits per heavy atom. The molecule has 1 aromatic rings. The number of halogens is 1. The van der Waals surface area contributed by atoms with Gasteiger partial charge < -0.3 is 11.1 Å². The number of thiophene rings is 1. The first kappa shape index (κ1) is 15.4. The van der Waals surface area contributed by atoms with E-state index < -0.39 is 0 Å². The second-order valence-corrected chi connectivity index (χ2v) is 5.38. The van der Waals surface area contributed by atoms with E-state index in [-0.39, 0.29) is 23.9 Å².